The average Bonchev–Trinajstić information content (AvgIpc) is 2.42. The SMILES string of the molecule is NC(CCCCC(=O)OCc1ccccc1)C(=O)Cl. The minimum Gasteiger partial charge on any atom is -0.461 e. The van der Waals surface area contributed by atoms with Crippen LogP contribution in [-0.2, 0) is 20.9 Å². The molecule has 104 valence electrons. The fourth-order valence-corrected chi connectivity index (χ4v) is 1.67. The van der Waals surface area contributed by atoms with E-state index in [1.807, 2.05) is 30.3 Å². The molecule has 0 saturated carbocycles. The van der Waals surface area contributed by atoms with Gasteiger partial charge in [-0.3, -0.25) is 9.59 Å². The van der Waals surface area contributed by atoms with Gasteiger partial charge < -0.3 is 10.5 Å². The van der Waals surface area contributed by atoms with Gasteiger partial charge in [0.05, 0.1) is 6.04 Å². The van der Waals surface area contributed by atoms with E-state index in [0.717, 1.165) is 5.56 Å². The molecule has 2 N–H and O–H groups in total. The molecule has 1 unspecified atom stereocenters. The molecule has 1 aromatic carbocycles. The fourth-order valence-electron chi connectivity index (χ4n) is 1.56. The van der Waals surface area contributed by atoms with E-state index in [2.05, 4.69) is 0 Å². The van der Waals surface area contributed by atoms with Crippen molar-refractivity contribution in [3.8, 4) is 0 Å². The zero-order valence-corrected chi connectivity index (χ0v) is 11.4. The van der Waals surface area contributed by atoms with Gasteiger partial charge in [-0.15, -0.1) is 0 Å². The number of hydrogen-bond donors (Lipinski definition) is 1. The topological polar surface area (TPSA) is 69.4 Å². The van der Waals surface area contributed by atoms with Crippen LogP contribution in [0, 0.1) is 0 Å². The Morgan fingerprint density at radius 3 is 2.53 bits per heavy atom. The second-order valence-corrected chi connectivity index (χ2v) is 4.68. The molecule has 0 amide bonds. The van der Waals surface area contributed by atoms with Gasteiger partial charge in [0.25, 0.3) is 0 Å². The van der Waals surface area contributed by atoms with Crippen molar-refractivity contribution in [2.45, 2.75) is 38.3 Å². The second kappa shape index (κ2) is 8.67. The molecule has 0 aromatic heterocycles. The van der Waals surface area contributed by atoms with Crippen molar-refractivity contribution in [2.24, 2.45) is 5.73 Å². The Kier molecular flexibility index (Phi) is 7.15. The van der Waals surface area contributed by atoms with Crippen LogP contribution in [0.2, 0.25) is 0 Å². The highest BCUT2D eigenvalue weighted by atomic mass is 35.5. The summed E-state index contributed by atoms with van der Waals surface area (Å²) in [5.41, 5.74) is 6.43. The van der Waals surface area contributed by atoms with Crippen LogP contribution >= 0.6 is 11.6 Å². The molecule has 0 aliphatic carbocycles. The molecule has 4 nitrogen and oxygen atoms in total. The Hall–Kier alpha value is -1.39. The molecule has 1 aromatic rings. The second-order valence-electron chi connectivity index (χ2n) is 4.30. The van der Waals surface area contributed by atoms with E-state index < -0.39 is 11.3 Å². The van der Waals surface area contributed by atoms with Crippen molar-refractivity contribution in [2.75, 3.05) is 0 Å². The number of hydrogen-bond acceptors (Lipinski definition) is 4. The van der Waals surface area contributed by atoms with Crippen LogP contribution in [0.4, 0.5) is 0 Å². The summed E-state index contributed by atoms with van der Waals surface area (Å²) in [6.07, 6.45) is 2.15. The van der Waals surface area contributed by atoms with Crippen LogP contribution in [0.25, 0.3) is 0 Å². The third-order valence-electron chi connectivity index (χ3n) is 2.68. The highest BCUT2D eigenvalue weighted by Crippen LogP contribution is 2.07. The molecule has 0 aliphatic heterocycles. The van der Waals surface area contributed by atoms with E-state index >= 15 is 0 Å². The maximum Gasteiger partial charge on any atom is 0.306 e. The standard InChI is InChI=1S/C14H18ClNO3/c15-14(18)12(16)8-4-5-9-13(17)19-10-11-6-2-1-3-7-11/h1-3,6-7,12H,4-5,8-10,16H2. The first-order valence-electron chi connectivity index (χ1n) is 6.24. The van der Waals surface area contributed by atoms with Crippen molar-refractivity contribution in [3.63, 3.8) is 0 Å². The quantitative estimate of drug-likeness (QED) is 0.452. The van der Waals surface area contributed by atoms with Gasteiger partial charge in [0.1, 0.15) is 6.61 Å². The van der Waals surface area contributed by atoms with Crippen LogP contribution in [0.1, 0.15) is 31.2 Å². The van der Waals surface area contributed by atoms with E-state index in [0.29, 0.717) is 32.3 Å². The molecular formula is C14H18ClNO3. The number of rotatable bonds is 8. The number of carbonyl (C=O) groups is 2. The molecule has 0 spiro atoms. The summed E-state index contributed by atoms with van der Waals surface area (Å²) in [5, 5.41) is -0.536. The zero-order chi connectivity index (χ0) is 14.1. The Bertz CT molecular complexity index is 408. The molecule has 0 heterocycles. The number of benzene rings is 1. The minimum atomic E-state index is -0.637. The average molecular weight is 284 g/mol. The van der Waals surface area contributed by atoms with Gasteiger partial charge in [-0.2, -0.15) is 0 Å². The van der Waals surface area contributed by atoms with Crippen molar-refractivity contribution < 1.29 is 14.3 Å². The number of halogens is 1. The first kappa shape index (κ1) is 15.7. The smallest absolute Gasteiger partial charge is 0.306 e. The van der Waals surface area contributed by atoms with Crippen molar-refractivity contribution in [3.05, 3.63) is 35.9 Å². The molecule has 5 heteroatoms. The summed E-state index contributed by atoms with van der Waals surface area (Å²) in [5.74, 6) is -0.241. The Morgan fingerprint density at radius 1 is 1.21 bits per heavy atom. The molecule has 0 fully saturated rings. The molecule has 1 rings (SSSR count). The first-order valence-corrected chi connectivity index (χ1v) is 6.62. The van der Waals surface area contributed by atoms with E-state index in [4.69, 9.17) is 22.1 Å². The fraction of sp³-hybridized carbons (Fsp3) is 0.429. The van der Waals surface area contributed by atoms with E-state index in [9.17, 15) is 9.59 Å². The summed E-state index contributed by atoms with van der Waals surface area (Å²) >= 11 is 5.23. The van der Waals surface area contributed by atoms with E-state index in [1.165, 1.54) is 0 Å². The monoisotopic (exact) mass is 283 g/mol. The lowest BCUT2D eigenvalue weighted by molar-refractivity contribution is -0.145. The molecular weight excluding hydrogens is 266 g/mol. The third-order valence-corrected chi connectivity index (χ3v) is 2.96. The van der Waals surface area contributed by atoms with Gasteiger partial charge in [-0.1, -0.05) is 36.8 Å². The lowest BCUT2D eigenvalue weighted by Gasteiger charge is -2.06. The van der Waals surface area contributed by atoms with Gasteiger partial charge >= 0.3 is 5.97 Å². The lowest BCUT2D eigenvalue weighted by atomic mass is 10.1. The lowest BCUT2D eigenvalue weighted by Crippen LogP contribution is -2.26. The maximum absolute atomic E-state index is 11.4. The highest BCUT2D eigenvalue weighted by molar-refractivity contribution is 6.64. The summed E-state index contributed by atoms with van der Waals surface area (Å²) in [4.78, 5) is 22.1. The summed E-state index contributed by atoms with van der Waals surface area (Å²) in [6, 6.07) is 8.87. The van der Waals surface area contributed by atoms with Crippen LogP contribution in [0.5, 0.6) is 0 Å². The summed E-state index contributed by atoms with van der Waals surface area (Å²) in [6.45, 7) is 0.291. The van der Waals surface area contributed by atoms with Crippen molar-refractivity contribution >= 4 is 22.8 Å². The Balaban J connectivity index is 2.10. The van der Waals surface area contributed by atoms with Crippen LogP contribution in [0.15, 0.2) is 30.3 Å². The third kappa shape index (κ3) is 6.94. The highest BCUT2D eigenvalue weighted by Gasteiger charge is 2.10. The van der Waals surface area contributed by atoms with Crippen LogP contribution in [0.3, 0.4) is 0 Å². The number of nitrogens with two attached hydrogens (primary N) is 1. The summed E-state index contributed by atoms with van der Waals surface area (Å²) in [7, 11) is 0. The number of carbonyl (C=O) groups excluding carboxylic acids is 2. The van der Waals surface area contributed by atoms with Gasteiger partial charge in [0, 0.05) is 6.42 Å². The Morgan fingerprint density at radius 2 is 1.89 bits per heavy atom. The van der Waals surface area contributed by atoms with Gasteiger partial charge in [0.15, 0.2) is 0 Å². The summed E-state index contributed by atoms with van der Waals surface area (Å²) < 4.78 is 5.12. The van der Waals surface area contributed by atoms with E-state index in [-0.39, 0.29) is 5.97 Å². The Labute approximate surface area is 117 Å². The van der Waals surface area contributed by atoms with Crippen molar-refractivity contribution in [1.82, 2.24) is 0 Å². The van der Waals surface area contributed by atoms with Crippen molar-refractivity contribution in [1.29, 1.82) is 0 Å². The zero-order valence-electron chi connectivity index (χ0n) is 10.7. The number of ether oxygens (including phenoxy) is 1. The predicted molar refractivity (Wildman–Crippen MR) is 73.5 cm³/mol. The van der Waals surface area contributed by atoms with Crippen LogP contribution in [-0.4, -0.2) is 17.3 Å². The minimum absolute atomic E-state index is 0.241. The first-order chi connectivity index (χ1) is 9.09. The maximum atomic E-state index is 11.4. The van der Waals surface area contributed by atoms with E-state index in [1.54, 1.807) is 0 Å². The molecule has 1 atom stereocenters. The van der Waals surface area contributed by atoms with Gasteiger partial charge in [-0.05, 0) is 30.0 Å². The predicted octanol–water partition coefficient (Wildman–Crippen LogP) is 2.38. The molecule has 0 saturated heterocycles. The molecule has 0 radical (unpaired) electrons. The molecule has 0 aliphatic rings. The number of esters is 1. The normalized spacial score (nSPS) is 11.9. The largest absolute Gasteiger partial charge is 0.461 e. The van der Waals surface area contributed by atoms with Crippen LogP contribution < -0.4 is 5.73 Å². The number of unbranched alkanes of at least 4 members (excludes halogenated alkanes) is 1. The van der Waals surface area contributed by atoms with Gasteiger partial charge in [0.2, 0.25) is 5.24 Å². The molecule has 19 heavy (non-hydrogen) atoms. The van der Waals surface area contributed by atoms with Gasteiger partial charge in [-0.25, -0.2) is 0 Å². The molecule has 0 bridgehead atoms.